The van der Waals surface area contributed by atoms with Gasteiger partial charge in [0.25, 0.3) is 15.9 Å². The Morgan fingerprint density at radius 1 is 1.19 bits per heavy atom. The van der Waals surface area contributed by atoms with E-state index in [4.69, 9.17) is 11.6 Å². The molecule has 1 aliphatic rings. The molecule has 0 atom stereocenters. The zero-order valence-electron chi connectivity index (χ0n) is 13.9. The second-order valence-electron chi connectivity index (χ2n) is 5.99. The Morgan fingerprint density at radius 3 is 2.62 bits per heavy atom. The lowest BCUT2D eigenvalue weighted by molar-refractivity contribution is 0.0951. The summed E-state index contributed by atoms with van der Waals surface area (Å²) in [5.41, 5.74) is 0.172. The molecule has 0 saturated carbocycles. The van der Waals surface area contributed by atoms with Gasteiger partial charge in [0.2, 0.25) is 0 Å². The fourth-order valence-electron chi connectivity index (χ4n) is 2.76. The van der Waals surface area contributed by atoms with E-state index in [2.05, 4.69) is 5.32 Å². The topological polar surface area (TPSA) is 66.5 Å². The first-order valence-corrected chi connectivity index (χ1v) is 10.8. The maximum atomic E-state index is 13.1. The van der Waals surface area contributed by atoms with E-state index in [1.807, 2.05) is 0 Å². The summed E-state index contributed by atoms with van der Waals surface area (Å²) in [7, 11) is -3.47. The second-order valence-corrected chi connectivity index (χ2v) is 9.73. The highest BCUT2D eigenvalue weighted by Gasteiger charge is 2.27. The van der Waals surface area contributed by atoms with E-state index >= 15 is 0 Å². The van der Waals surface area contributed by atoms with Gasteiger partial charge in [-0.2, -0.15) is 4.31 Å². The zero-order valence-corrected chi connectivity index (χ0v) is 16.3. The van der Waals surface area contributed by atoms with Gasteiger partial charge in [0.1, 0.15) is 10.0 Å². The molecule has 2 heterocycles. The molecule has 3 rings (SSSR count). The molecule has 0 radical (unpaired) electrons. The van der Waals surface area contributed by atoms with Crippen LogP contribution in [0, 0.1) is 5.82 Å². The first-order chi connectivity index (χ1) is 12.4. The number of nitrogens with zero attached hydrogens (tertiary/aromatic N) is 1. The zero-order chi connectivity index (χ0) is 18.7. The Morgan fingerprint density at radius 2 is 1.92 bits per heavy atom. The van der Waals surface area contributed by atoms with Crippen molar-refractivity contribution in [1.29, 1.82) is 0 Å². The molecule has 1 N–H and O–H groups in total. The number of benzene rings is 1. The van der Waals surface area contributed by atoms with Gasteiger partial charge in [-0.1, -0.05) is 18.0 Å². The van der Waals surface area contributed by atoms with Crippen molar-refractivity contribution < 1.29 is 17.6 Å². The number of carbonyl (C=O) groups excluding carboxylic acids is 1. The smallest absolute Gasteiger partial charge is 0.253 e. The minimum absolute atomic E-state index is 0.0297. The summed E-state index contributed by atoms with van der Waals surface area (Å²) < 4.78 is 40.1. The van der Waals surface area contributed by atoms with E-state index in [1.54, 1.807) is 12.1 Å². The standard InChI is InChI=1S/C17H18ClFN2O3S2/c18-15-10-12(19)4-6-14(15)17(22)20-11-13-5-7-16(25-13)26(23,24)21-8-2-1-3-9-21/h4-7,10H,1-3,8-9,11H2,(H,20,22). The molecule has 9 heteroatoms. The number of hydrogen-bond donors (Lipinski definition) is 1. The van der Waals surface area contributed by atoms with Crippen molar-refractivity contribution in [2.45, 2.75) is 30.0 Å². The van der Waals surface area contributed by atoms with Gasteiger partial charge in [-0.3, -0.25) is 4.79 Å². The monoisotopic (exact) mass is 416 g/mol. The van der Waals surface area contributed by atoms with E-state index in [0.29, 0.717) is 18.0 Å². The molecule has 2 aromatic rings. The molecule has 0 spiro atoms. The number of hydrogen-bond acceptors (Lipinski definition) is 4. The molecule has 1 saturated heterocycles. The summed E-state index contributed by atoms with van der Waals surface area (Å²) in [6.07, 6.45) is 2.82. The van der Waals surface area contributed by atoms with Gasteiger partial charge < -0.3 is 5.32 Å². The average Bonchev–Trinajstić information content (AvgIpc) is 3.10. The number of sulfonamides is 1. The second kappa shape index (κ2) is 8.04. The number of thiophene rings is 1. The van der Waals surface area contributed by atoms with Gasteiger partial charge in [-0.25, -0.2) is 12.8 Å². The van der Waals surface area contributed by atoms with Crippen molar-refractivity contribution in [2.24, 2.45) is 0 Å². The molecule has 5 nitrogen and oxygen atoms in total. The van der Waals surface area contributed by atoms with Gasteiger partial charge in [0.15, 0.2) is 0 Å². The van der Waals surface area contributed by atoms with Crippen LogP contribution in [0.4, 0.5) is 4.39 Å². The van der Waals surface area contributed by atoms with Crippen LogP contribution in [0.25, 0.3) is 0 Å². The highest BCUT2D eigenvalue weighted by Crippen LogP contribution is 2.27. The largest absolute Gasteiger partial charge is 0.347 e. The molecule has 140 valence electrons. The van der Waals surface area contributed by atoms with Crippen molar-refractivity contribution in [3.05, 3.63) is 51.6 Å². The van der Waals surface area contributed by atoms with Crippen LogP contribution >= 0.6 is 22.9 Å². The first-order valence-electron chi connectivity index (χ1n) is 8.20. The molecular formula is C17H18ClFN2O3S2. The third kappa shape index (κ3) is 4.25. The van der Waals surface area contributed by atoms with Crippen molar-refractivity contribution in [3.63, 3.8) is 0 Å². The summed E-state index contributed by atoms with van der Waals surface area (Å²) in [5.74, 6) is -0.957. The maximum Gasteiger partial charge on any atom is 0.253 e. The van der Waals surface area contributed by atoms with Crippen LogP contribution < -0.4 is 5.32 Å². The number of rotatable bonds is 5. The van der Waals surface area contributed by atoms with Crippen molar-refractivity contribution in [2.75, 3.05) is 13.1 Å². The Hall–Kier alpha value is -1.48. The third-order valence-corrected chi connectivity index (χ3v) is 7.91. The number of amides is 1. The Balaban J connectivity index is 1.66. The molecule has 1 aromatic carbocycles. The minimum Gasteiger partial charge on any atom is -0.347 e. The van der Waals surface area contributed by atoms with Crippen LogP contribution in [0.1, 0.15) is 34.5 Å². The fourth-order valence-corrected chi connectivity index (χ4v) is 5.98. The molecule has 1 aromatic heterocycles. The van der Waals surface area contributed by atoms with E-state index in [0.717, 1.165) is 42.7 Å². The maximum absolute atomic E-state index is 13.1. The van der Waals surface area contributed by atoms with E-state index in [-0.39, 0.29) is 21.3 Å². The number of carbonyl (C=O) groups is 1. The van der Waals surface area contributed by atoms with Crippen LogP contribution in [-0.2, 0) is 16.6 Å². The predicted octanol–water partition coefficient (Wildman–Crippen LogP) is 3.65. The van der Waals surface area contributed by atoms with Gasteiger partial charge in [-0.15, -0.1) is 11.3 Å². The summed E-state index contributed by atoms with van der Waals surface area (Å²) in [6.45, 7) is 1.28. The minimum atomic E-state index is -3.47. The molecule has 26 heavy (non-hydrogen) atoms. The molecule has 1 aliphatic heterocycles. The van der Waals surface area contributed by atoms with Crippen LogP contribution in [0.5, 0.6) is 0 Å². The Labute approximate surface area is 160 Å². The lowest BCUT2D eigenvalue weighted by Crippen LogP contribution is -2.35. The molecule has 0 bridgehead atoms. The molecule has 0 unspecified atom stereocenters. The van der Waals surface area contributed by atoms with E-state index in [1.165, 1.54) is 10.4 Å². The summed E-state index contributed by atoms with van der Waals surface area (Å²) >= 11 is 7.01. The summed E-state index contributed by atoms with van der Waals surface area (Å²) in [6, 6.07) is 6.81. The van der Waals surface area contributed by atoms with Crippen LogP contribution in [0.3, 0.4) is 0 Å². The van der Waals surface area contributed by atoms with Crippen LogP contribution in [0.15, 0.2) is 34.5 Å². The lowest BCUT2D eigenvalue weighted by atomic mass is 10.2. The lowest BCUT2D eigenvalue weighted by Gasteiger charge is -2.25. The normalized spacial score (nSPS) is 15.8. The molecule has 1 fully saturated rings. The SMILES string of the molecule is O=C(NCc1ccc(S(=O)(=O)N2CCCCC2)s1)c1ccc(F)cc1Cl. The van der Waals surface area contributed by atoms with Crippen molar-refractivity contribution in [3.8, 4) is 0 Å². The fraction of sp³-hybridized carbons (Fsp3) is 0.353. The van der Waals surface area contributed by atoms with Gasteiger partial charge in [0, 0.05) is 18.0 Å². The van der Waals surface area contributed by atoms with E-state index in [9.17, 15) is 17.6 Å². The highest BCUT2D eigenvalue weighted by molar-refractivity contribution is 7.91. The highest BCUT2D eigenvalue weighted by atomic mass is 35.5. The predicted molar refractivity (Wildman–Crippen MR) is 99.5 cm³/mol. The van der Waals surface area contributed by atoms with Crippen molar-refractivity contribution in [1.82, 2.24) is 9.62 Å². The van der Waals surface area contributed by atoms with Crippen molar-refractivity contribution >= 4 is 38.9 Å². The number of nitrogens with one attached hydrogen (secondary N) is 1. The molecule has 0 aliphatic carbocycles. The van der Waals surface area contributed by atoms with E-state index < -0.39 is 21.7 Å². The van der Waals surface area contributed by atoms with Gasteiger partial charge >= 0.3 is 0 Å². The number of piperidine rings is 1. The first kappa shape index (κ1) is 19.3. The summed E-state index contributed by atoms with van der Waals surface area (Å²) in [5, 5.41) is 2.71. The molecular weight excluding hydrogens is 399 g/mol. The molecule has 1 amide bonds. The third-order valence-electron chi connectivity index (χ3n) is 4.15. The Bertz CT molecular complexity index is 908. The summed E-state index contributed by atoms with van der Waals surface area (Å²) in [4.78, 5) is 12.9. The Kier molecular flexibility index (Phi) is 5.96. The number of halogens is 2. The van der Waals surface area contributed by atoms with Crippen LogP contribution in [0.2, 0.25) is 5.02 Å². The van der Waals surface area contributed by atoms with Crippen LogP contribution in [-0.4, -0.2) is 31.7 Å². The van der Waals surface area contributed by atoms with Gasteiger partial charge in [0.05, 0.1) is 17.1 Å². The average molecular weight is 417 g/mol. The quantitative estimate of drug-likeness (QED) is 0.809. The van der Waals surface area contributed by atoms with Gasteiger partial charge in [-0.05, 0) is 43.2 Å².